The lowest BCUT2D eigenvalue weighted by atomic mass is 9.86. The summed E-state index contributed by atoms with van der Waals surface area (Å²) in [6.07, 6.45) is 5.11. The topological polar surface area (TPSA) is 96.3 Å². The number of Topliss-reactive ketones (excluding diaryl/α,β-unsaturated/α-hetero) is 1. The van der Waals surface area contributed by atoms with Crippen molar-refractivity contribution in [2.24, 2.45) is 16.9 Å². The number of nitrogens with zero attached hydrogens (tertiary/aromatic N) is 3. The SMILES string of the molecule is CC(=O)Oc1ccc(C(=O)[C@H]2[C@@H]3C(=O)N(c4cccc5ccccc45)C(=O)[C@@H]3[C@H]3C=CC=NN32)cc1. The highest BCUT2D eigenvalue weighted by Crippen LogP contribution is 2.47. The van der Waals surface area contributed by atoms with E-state index < -0.39 is 35.8 Å². The van der Waals surface area contributed by atoms with Crippen LogP contribution >= 0.6 is 0 Å². The Morgan fingerprint density at radius 1 is 0.889 bits per heavy atom. The number of ether oxygens (including phenoxy) is 1. The van der Waals surface area contributed by atoms with E-state index in [9.17, 15) is 19.2 Å². The third kappa shape index (κ3) is 3.25. The number of ketones is 1. The molecule has 2 amide bonds. The molecule has 3 aromatic carbocycles. The minimum Gasteiger partial charge on any atom is -0.427 e. The van der Waals surface area contributed by atoms with Gasteiger partial charge in [-0.2, -0.15) is 5.10 Å². The van der Waals surface area contributed by atoms with E-state index >= 15 is 0 Å². The van der Waals surface area contributed by atoms with Crippen molar-refractivity contribution in [3.63, 3.8) is 0 Å². The predicted molar refractivity (Wildman–Crippen MR) is 133 cm³/mol. The Morgan fingerprint density at radius 2 is 1.61 bits per heavy atom. The molecule has 8 heteroatoms. The van der Waals surface area contributed by atoms with Crippen molar-refractivity contribution in [3.8, 4) is 5.75 Å². The molecule has 3 heterocycles. The van der Waals surface area contributed by atoms with E-state index in [4.69, 9.17) is 4.74 Å². The molecule has 3 aliphatic heterocycles. The van der Waals surface area contributed by atoms with Gasteiger partial charge in [0, 0.05) is 24.1 Å². The molecule has 36 heavy (non-hydrogen) atoms. The lowest BCUT2D eigenvalue weighted by Gasteiger charge is -2.30. The minimum atomic E-state index is -0.947. The van der Waals surface area contributed by atoms with Gasteiger partial charge in [0.15, 0.2) is 5.78 Å². The first-order valence-electron chi connectivity index (χ1n) is 11.6. The van der Waals surface area contributed by atoms with Gasteiger partial charge in [-0.3, -0.25) is 24.2 Å². The van der Waals surface area contributed by atoms with Gasteiger partial charge in [0.25, 0.3) is 0 Å². The van der Waals surface area contributed by atoms with Gasteiger partial charge in [-0.15, -0.1) is 0 Å². The third-order valence-electron chi connectivity index (χ3n) is 6.97. The van der Waals surface area contributed by atoms with E-state index in [0.717, 1.165) is 10.8 Å². The zero-order chi connectivity index (χ0) is 25.0. The molecule has 178 valence electrons. The maximum Gasteiger partial charge on any atom is 0.308 e. The lowest BCUT2D eigenvalue weighted by molar-refractivity contribution is -0.132. The van der Waals surface area contributed by atoms with Crippen LogP contribution in [0.2, 0.25) is 0 Å². The fourth-order valence-corrected chi connectivity index (χ4v) is 5.50. The molecule has 6 rings (SSSR count). The molecule has 3 aromatic rings. The van der Waals surface area contributed by atoms with Crippen LogP contribution in [0, 0.1) is 11.8 Å². The molecule has 0 spiro atoms. The molecule has 0 aliphatic carbocycles. The van der Waals surface area contributed by atoms with E-state index in [2.05, 4.69) is 5.10 Å². The number of benzene rings is 3. The molecule has 0 aromatic heterocycles. The number of allylic oxidation sites excluding steroid dienone is 1. The molecular weight excluding hydrogens is 458 g/mol. The fourth-order valence-electron chi connectivity index (χ4n) is 5.50. The number of hydrazone groups is 1. The Labute approximate surface area is 206 Å². The highest BCUT2D eigenvalue weighted by atomic mass is 16.5. The van der Waals surface area contributed by atoms with Crippen molar-refractivity contribution < 1.29 is 23.9 Å². The van der Waals surface area contributed by atoms with Gasteiger partial charge >= 0.3 is 5.97 Å². The summed E-state index contributed by atoms with van der Waals surface area (Å²) in [7, 11) is 0. The summed E-state index contributed by atoms with van der Waals surface area (Å²) in [4.78, 5) is 53.9. The Morgan fingerprint density at radius 3 is 2.39 bits per heavy atom. The molecule has 0 N–H and O–H groups in total. The van der Waals surface area contributed by atoms with E-state index in [-0.39, 0.29) is 11.7 Å². The Hall–Kier alpha value is -4.59. The molecule has 2 saturated heterocycles. The van der Waals surface area contributed by atoms with Gasteiger partial charge in [0.05, 0.1) is 23.6 Å². The Kier molecular flexibility index (Phi) is 5.03. The largest absolute Gasteiger partial charge is 0.427 e. The van der Waals surface area contributed by atoms with Crippen LogP contribution in [0.4, 0.5) is 5.69 Å². The first-order chi connectivity index (χ1) is 17.5. The maximum atomic E-state index is 13.9. The normalized spacial score (nSPS) is 24.2. The number of hydrogen-bond acceptors (Lipinski definition) is 7. The summed E-state index contributed by atoms with van der Waals surface area (Å²) < 4.78 is 5.06. The van der Waals surface area contributed by atoms with Gasteiger partial charge in [-0.25, -0.2) is 4.90 Å². The van der Waals surface area contributed by atoms with Crippen molar-refractivity contribution in [1.82, 2.24) is 5.01 Å². The van der Waals surface area contributed by atoms with Crippen molar-refractivity contribution >= 4 is 46.2 Å². The summed E-state index contributed by atoms with van der Waals surface area (Å²) in [5.41, 5.74) is 0.855. The molecule has 8 nitrogen and oxygen atoms in total. The van der Waals surface area contributed by atoms with E-state index in [1.54, 1.807) is 35.5 Å². The van der Waals surface area contributed by atoms with Crippen molar-refractivity contribution in [1.29, 1.82) is 0 Å². The second kappa shape index (κ2) is 8.27. The first-order valence-corrected chi connectivity index (χ1v) is 11.6. The van der Waals surface area contributed by atoms with Crippen molar-refractivity contribution in [2.45, 2.75) is 19.0 Å². The second-order valence-corrected chi connectivity index (χ2v) is 9.01. The number of fused-ring (bicyclic) bond motifs is 4. The van der Waals surface area contributed by atoms with Crippen molar-refractivity contribution in [3.05, 3.63) is 84.4 Å². The summed E-state index contributed by atoms with van der Waals surface area (Å²) in [6, 6.07) is 17.8. The van der Waals surface area contributed by atoms with Crippen molar-refractivity contribution in [2.75, 3.05) is 4.90 Å². The second-order valence-electron chi connectivity index (χ2n) is 9.01. The number of amides is 2. The highest BCUT2D eigenvalue weighted by Gasteiger charge is 2.64. The number of anilines is 1. The molecule has 0 radical (unpaired) electrons. The van der Waals surface area contributed by atoms with Crippen LogP contribution in [0.3, 0.4) is 0 Å². The van der Waals surface area contributed by atoms with Gasteiger partial charge in [0.2, 0.25) is 11.8 Å². The van der Waals surface area contributed by atoms with Crippen LogP contribution in [0.5, 0.6) is 5.75 Å². The quantitative estimate of drug-likeness (QED) is 0.246. The van der Waals surface area contributed by atoms with Gasteiger partial charge in [-0.1, -0.05) is 42.5 Å². The number of imide groups is 1. The molecule has 2 fully saturated rings. The molecule has 0 unspecified atom stereocenters. The van der Waals surface area contributed by atoms with E-state index in [1.807, 2.05) is 42.5 Å². The summed E-state index contributed by atoms with van der Waals surface area (Å²) >= 11 is 0. The van der Waals surface area contributed by atoms with Crippen LogP contribution in [-0.4, -0.2) is 46.9 Å². The van der Waals surface area contributed by atoms with Crippen LogP contribution in [-0.2, 0) is 14.4 Å². The number of hydrogen-bond donors (Lipinski definition) is 0. The average Bonchev–Trinajstić information content (AvgIpc) is 3.36. The Balaban J connectivity index is 1.40. The predicted octanol–water partition coefficient (Wildman–Crippen LogP) is 3.36. The molecule has 0 saturated carbocycles. The maximum absolute atomic E-state index is 13.9. The summed E-state index contributed by atoms with van der Waals surface area (Å²) in [5.74, 6) is -2.84. The molecule has 3 aliphatic rings. The van der Waals surface area contributed by atoms with Gasteiger partial charge in [-0.05, 0) is 41.8 Å². The summed E-state index contributed by atoms with van der Waals surface area (Å²) in [6.45, 7) is 1.30. The lowest BCUT2D eigenvalue weighted by Crippen LogP contribution is -2.46. The molecular formula is C28H21N3O5. The first kappa shape index (κ1) is 21.9. The van der Waals surface area contributed by atoms with E-state index in [1.165, 1.54) is 24.0 Å². The van der Waals surface area contributed by atoms with E-state index in [0.29, 0.717) is 17.0 Å². The zero-order valence-electron chi connectivity index (χ0n) is 19.3. The molecule has 4 atom stereocenters. The minimum absolute atomic E-state index is 0.314. The third-order valence-corrected chi connectivity index (χ3v) is 6.97. The summed E-state index contributed by atoms with van der Waals surface area (Å²) in [5, 5.41) is 7.67. The van der Waals surface area contributed by atoms with Crippen LogP contribution in [0.15, 0.2) is 84.0 Å². The highest BCUT2D eigenvalue weighted by molar-refractivity contribution is 6.27. The standard InChI is InChI=1S/C28H21N3O5/c1-16(32)36-19-13-11-18(12-14-19)26(33)25-24-23(22-10-5-15-29-31(22)25)27(34)30(28(24)35)21-9-4-7-17-6-2-3-8-20(17)21/h2-15,22-25H,1H3/t22-,23-,24-,25-/m1/s1. The fraction of sp³-hybridized carbons (Fsp3) is 0.179. The smallest absolute Gasteiger partial charge is 0.308 e. The molecule has 0 bridgehead atoms. The van der Waals surface area contributed by atoms with Gasteiger partial charge < -0.3 is 4.74 Å². The Bertz CT molecular complexity index is 1490. The monoisotopic (exact) mass is 479 g/mol. The number of carbonyl (C=O) groups is 4. The van der Waals surface area contributed by atoms with Gasteiger partial charge in [0.1, 0.15) is 11.8 Å². The van der Waals surface area contributed by atoms with Crippen LogP contribution < -0.4 is 9.64 Å². The average molecular weight is 479 g/mol. The number of rotatable bonds is 4. The number of carbonyl (C=O) groups excluding carboxylic acids is 4. The zero-order valence-corrected chi connectivity index (χ0v) is 19.3. The number of esters is 1. The van der Waals surface area contributed by atoms with Crippen LogP contribution in [0.1, 0.15) is 17.3 Å². The van der Waals surface area contributed by atoms with Crippen LogP contribution in [0.25, 0.3) is 10.8 Å².